The Morgan fingerprint density at radius 2 is 1.84 bits per heavy atom. The van der Waals surface area contributed by atoms with Crippen LogP contribution >= 0.6 is 0 Å². The number of fused-ring (bicyclic) bond motifs is 1. The minimum Gasteiger partial charge on any atom is -0.496 e. The van der Waals surface area contributed by atoms with Crippen molar-refractivity contribution in [2.24, 2.45) is 0 Å². The van der Waals surface area contributed by atoms with E-state index in [1.165, 1.54) is 0 Å². The second-order valence-electron chi connectivity index (χ2n) is 5.77. The molecule has 1 aromatic heterocycles. The molecule has 0 unspecified atom stereocenters. The van der Waals surface area contributed by atoms with Crippen LogP contribution in [-0.4, -0.2) is 53.7 Å². The standard InChI is InChI=1S/C19H22N2O4/c1-24-18-7-6-14-4-2-3-5-16(14)19(18)17-12-15(25-20-17)13-21(8-10-22)9-11-23/h2-7,12,22-23H,8-11,13H2,1H3. The predicted octanol–water partition coefficient (Wildman–Crippen LogP) is 2.29. The Kier molecular flexibility index (Phi) is 5.65. The molecule has 2 aromatic carbocycles. The van der Waals surface area contributed by atoms with Gasteiger partial charge in [-0.05, 0) is 16.8 Å². The minimum absolute atomic E-state index is 0.0259. The molecule has 0 aliphatic heterocycles. The normalized spacial score (nSPS) is 11.4. The lowest BCUT2D eigenvalue weighted by Gasteiger charge is -2.17. The zero-order valence-electron chi connectivity index (χ0n) is 14.2. The summed E-state index contributed by atoms with van der Waals surface area (Å²) in [5.74, 6) is 1.41. The number of rotatable bonds is 8. The fraction of sp³-hybridized carbons (Fsp3) is 0.316. The van der Waals surface area contributed by atoms with Gasteiger partial charge in [-0.2, -0.15) is 0 Å². The molecular formula is C19H22N2O4. The molecule has 3 aromatic rings. The SMILES string of the molecule is COc1ccc2ccccc2c1-c1cc(CN(CCO)CCO)on1. The van der Waals surface area contributed by atoms with Gasteiger partial charge >= 0.3 is 0 Å². The highest BCUT2D eigenvalue weighted by Crippen LogP contribution is 2.36. The molecule has 0 atom stereocenters. The van der Waals surface area contributed by atoms with E-state index in [4.69, 9.17) is 19.5 Å². The van der Waals surface area contributed by atoms with Gasteiger partial charge in [0.15, 0.2) is 5.76 Å². The fourth-order valence-electron chi connectivity index (χ4n) is 2.96. The van der Waals surface area contributed by atoms with Crippen LogP contribution in [0.2, 0.25) is 0 Å². The summed E-state index contributed by atoms with van der Waals surface area (Å²) >= 11 is 0. The van der Waals surface area contributed by atoms with E-state index in [1.807, 2.05) is 47.4 Å². The van der Waals surface area contributed by atoms with Crippen LogP contribution in [0.5, 0.6) is 5.75 Å². The number of ether oxygens (including phenoxy) is 1. The van der Waals surface area contributed by atoms with E-state index in [0.29, 0.717) is 31.1 Å². The molecule has 0 amide bonds. The molecule has 3 rings (SSSR count). The first kappa shape index (κ1) is 17.4. The zero-order valence-corrected chi connectivity index (χ0v) is 14.2. The highest BCUT2D eigenvalue weighted by atomic mass is 16.5. The van der Waals surface area contributed by atoms with Crippen LogP contribution in [0.15, 0.2) is 47.0 Å². The van der Waals surface area contributed by atoms with Crippen molar-refractivity contribution in [3.05, 3.63) is 48.2 Å². The summed E-state index contributed by atoms with van der Waals surface area (Å²) in [5.41, 5.74) is 1.60. The highest BCUT2D eigenvalue weighted by molar-refractivity contribution is 5.98. The van der Waals surface area contributed by atoms with Crippen molar-refractivity contribution in [3.63, 3.8) is 0 Å². The van der Waals surface area contributed by atoms with Gasteiger partial charge in [-0.3, -0.25) is 4.90 Å². The van der Waals surface area contributed by atoms with Crippen LogP contribution in [0.1, 0.15) is 5.76 Å². The van der Waals surface area contributed by atoms with E-state index in [1.54, 1.807) is 7.11 Å². The summed E-state index contributed by atoms with van der Waals surface area (Å²) in [6.45, 7) is 1.46. The molecule has 0 fully saturated rings. The zero-order chi connectivity index (χ0) is 17.6. The molecule has 132 valence electrons. The first-order valence-electron chi connectivity index (χ1n) is 8.22. The second-order valence-corrected chi connectivity index (χ2v) is 5.77. The smallest absolute Gasteiger partial charge is 0.151 e. The molecule has 0 saturated heterocycles. The summed E-state index contributed by atoms with van der Waals surface area (Å²) in [6, 6.07) is 13.9. The fourth-order valence-corrected chi connectivity index (χ4v) is 2.96. The lowest BCUT2D eigenvalue weighted by atomic mass is 10.0. The van der Waals surface area contributed by atoms with E-state index < -0.39 is 0 Å². The van der Waals surface area contributed by atoms with Crippen molar-refractivity contribution in [3.8, 4) is 17.0 Å². The third-order valence-corrected chi connectivity index (χ3v) is 4.14. The largest absolute Gasteiger partial charge is 0.496 e. The number of aliphatic hydroxyl groups is 2. The third-order valence-electron chi connectivity index (χ3n) is 4.14. The summed E-state index contributed by atoms with van der Waals surface area (Å²) in [7, 11) is 1.64. The molecule has 25 heavy (non-hydrogen) atoms. The van der Waals surface area contributed by atoms with Crippen LogP contribution < -0.4 is 4.74 Å². The Hall–Kier alpha value is -2.41. The molecule has 0 aliphatic carbocycles. The van der Waals surface area contributed by atoms with Gasteiger partial charge in [0.2, 0.25) is 0 Å². The van der Waals surface area contributed by atoms with Gasteiger partial charge in [0.1, 0.15) is 11.4 Å². The number of aromatic nitrogens is 1. The van der Waals surface area contributed by atoms with Crippen molar-refractivity contribution in [2.45, 2.75) is 6.54 Å². The number of nitrogens with zero attached hydrogens (tertiary/aromatic N) is 2. The number of benzene rings is 2. The Labute approximate surface area is 146 Å². The first-order valence-corrected chi connectivity index (χ1v) is 8.22. The average Bonchev–Trinajstić information content (AvgIpc) is 3.09. The monoisotopic (exact) mass is 342 g/mol. The van der Waals surface area contributed by atoms with Crippen molar-refractivity contribution >= 4 is 10.8 Å². The second kappa shape index (κ2) is 8.11. The third kappa shape index (κ3) is 3.82. The van der Waals surface area contributed by atoms with Gasteiger partial charge in [0.05, 0.1) is 32.4 Å². The maximum absolute atomic E-state index is 9.13. The van der Waals surface area contributed by atoms with Crippen molar-refractivity contribution in [1.82, 2.24) is 10.1 Å². The quantitative estimate of drug-likeness (QED) is 0.654. The maximum atomic E-state index is 9.13. The summed E-state index contributed by atoms with van der Waals surface area (Å²) in [4.78, 5) is 1.91. The van der Waals surface area contributed by atoms with E-state index in [2.05, 4.69) is 5.16 Å². The van der Waals surface area contributed by atoms with E-state index in [-0.39, 0.29) is 13.2 Å². The molecule has 0 spiro atoms. The highest BCUT2D eigenvalue weighted by Gasteiger charge is 2.16. The van der Waals surface area contributed by atoms with E-state index >= 15 is 0 Å². The maximum Gasteiger partial charge on any atom is 0.151 e. The molecule has 0 aliphatic rings. The van der Waals surface area contributed by atoms with Gasteiger partial charge in [-0.25, -0.2) is 0 Å². The number of hydrogen-bond acceptors (Lipinski definition) is 6. The number of aliphatic hydroxyl groups excluding tert-OH is 2. The molecule has 0 radical (unpaired) electrons. The summed E-state index contributed by atoms with van der Waals surface area (Å²) < 4.78 is 11.0. The van der Waals surface area contributed by atoms with Gasteiger partial charge in [-0.1, -0.05) is 35.5 Å². The summed E-state index contributed by atoms with van der Waals surface area (Å²) in [5, 5.41) is 24.6. The molecular weight excluding hydrogens is 320 g/mol. The van der Waals surface area contributed by atoms with Crippen LogP contribution in [-0.2, 0) is 6.54 Å². The Balaban J connectivity index is 1.95. The first-order chi connectivity index (χ1) is 12.3. The Morgan fingerprint density at radius 3 is 2.56 bits per heavy atom. The van der Waals surface area contributed by atoms with Gasteiger partial charge in [0, 0.05) is 19.2 Å². The lowest BCUT2D eigenvalue weighted by Crippen LogP contribution is -2.29. The minimum atomic E-state index is 0.0259. The Bertz CT molecular complexity index is 825. The van der Waals surface area contributed by atoms with Crippen LogP contribution in [0.3, 0.4) is 0 Å². The van der Waals surface area contributed by atoms with Crippen molar-refractivity contribution < 1.29 is 19.5 Å². The lowest BCUT2D eigenvalue weighted by molar-refractivity contribution is 0.145. The van der Waals surface area contributed by atoms with Crippen LogP contribution in [0.25, 0.3) is 22.0 Å². The van der Waals surface area contributed by atoms with Crippen LogP contribution in [0, 0.1) is 0 Å². The van der Waals surface area contributed by atoms with Crippen molar-refractivity contribution in [2.75, 3.05) is 33.4 Å². The molecule has 1 heterocycles. The molecule has 6 heteroatoms. The predicted molar refractivity (Wildman–Crippen MR) is 95.4 cm³/mol. The molecule has 0 bridgehead atoms. The van der Waals surface area contributed by atoms with Gasteiger partial charge in [-0.15, -0.1) is 0 Å². The molecule has 6 nitrogen and oxygen atoms in total. The van der Waals surface area contributed by atoms with E-state index in [0.717, 1.165) is 22.1 Å². The number of hydrogen-bond donors (Lipinski definition) is 2. The average molecular weight is 342 g/mol. The summed E-state index contributed by atoms with van der Waals surface area (Å²) in [6.07, 6.45) is 0. The number of methoxy groups -OCH3 is 1. The van der Waals surface area contributed by atoms with E-state index in [9.17, 15) is 0 Å². The Morgan fingerprint density at radius 1 is 1.08 bits per heavy atom. The van der Waals surface area contributed by atoms with Crippen molar-refractivity contribution in [1.29, 1.82) is 0 Å². The van der Waals surface area contributed by atoms with Gasteiger partial charge < -0.3 is 19.5 Å². The van der Waals surface area contributed by atoms with Crippen LogP contribution in [0.4, 0.5) is 0 Å². The topological polar surface area (TPSA) is 79.0 Å². The molecule has 2 N–H and O–H groups in total. The van der Waals surface area contributed by atoms with Gasteiger partial charge in [0.25, 0.3) is 0 Å². The molecule has 0 saturated carbocycles.